The summed E-state index contributed by atoms with van der Waals surface area (Å²) >= 11 is 0. The van der Waals surface area contributed by atoms with Crippen LogP contribution >= 0.6 is 0 Å². The van der Waals surface area contributed by atoms with Gasteiger partial charge in [-0.1, -0.05) is 24.3 Å². The number of anilines is 1. The predicted molar refractivity (Wildman–Crippen MR) is 156 cm³/mol. The maximum atomic E-state index is 14.5. The summed E-state index contributed by atoms with van der Waals surface area (Å²) in [6.07, 6.45) is -3.80. The Labute approximate surface area is 248 Å². The van der Waals surface area contributed by atoms with Crippen LogP contribution in [0.2, 0.25) is 0 Å². The van der Waals surface area contributed by atoms with Gasteiger partial charge in [0.2, 0.25) is 5.91 Å². The molecule has 0 saturated carbocycles. The Morgan fingerprint density at radius 3 is 2.26 bits per heavy atom. The number of fused-ring (bicyclic) bond motifs is 4. The normalized spacial score (nSPS) is 19.8. The van der Waals surface area contributed by atoms with Crippen molar-refractivity contribution in [3.05, 3.63) is 88.5 Å². The minimum Gasteiger partial charge on any atom is -0.490 e. The summed E-state index contributed by atoms with van der Waals surface area (Å²) in [4.78, 5) is 33.7. The first-order chi connectivity index (χ1) is 20.7. The third kappa shape index (κ3) is 5.28. The number of alkyl halides is 3. The molecule has 0 aromatic heterocycles. The molecule has 3 aromatic carbocycles. The van der Waals surface area contributed by atoms with Crippen molar-refractivity contribution in [1.82, 2.24) is 9.80 Å². The van der Waals surface area contributed by atoms with Crippen LogP contribution in [0.25, 0.3) is 0 Å². The van der Waals surface area contributed by atoms with E-state index < -0.39 is 23.7 Å². The average molecular weight is 594 g/mol. The summed E-state index contributed by atoms with van der Waals surface area (Å²) in [5, 5.41) is 0. The van der Waals surface area contributed by atoms with Gasteiger partial charge in [0.15, 0.2) is 11.5 Å². The molecule has 10 heteroatoms. The molecule has 226 valence electrons. The molecule has 3 aliphatic rings. The van der Waals surface area contributed by atoms with Gasteiger partial charge in [-0.05, 0) is 73.4 Å². The molecule has 3 aliphatic heterocycles. The number of hydrogen-bond donors (Lipinski definition) is 0. The van der Waals surface area contributed by atoms with Gasteiger partial charge in [0, 0.05) is 44.0 Å². The van der Waals surface area contributed by atoms with E-state index in [1.54, 1.807) is 17.0 Å². The number of carbonyl (C=O) groups is 2. The van der Waals surface area contributed by atoms with E-state index in [2.05, 4.69) is 0 Å². The second kappa shape index (κ2) is 11.5. The summed E-state index contributed by atoms with van der Waals surface area (Å²) in [5.41, 5.74) is 2.91. The molecule has 2 amide bonds. The minimum absolute atomic E-state index is 0.0988. The van der Waals surface area contributed by atoms with Crippen LogP contribution in [0.4, 0.5) is 18.9 Å². The van der Waals surface area contributed by atoms with E-state index in [1.165, 1.54) is 6.07 Å². The van der Waals surface area contributed by atoms with Gasteiger partial charge in [0.1, 0.15) is 0 Å². The van der Waals surface area contributed by atoms with Crippen LogP contribution in [0.3, 0.4) is 0 Å². The average Bonchev–Trinajstić information content (AvgIpc) is 3.01. The van der Waals surface area contributed by atoms with Gasteiger partial charge in [-0.15, -0.1) is 0 Å². The lowest BCUT2D eigenvalue weighted by molar-refractivity contribution is -0.137. The topological polar surface area (TPSA) is 62.3 Å². The number of halogens is 3. The third-order valence-corrected chi connectivity index (χ3v) is 8.58. The lowest BCUT2D eigenvalue weighted by atomic mass is 9.75. The van der Waals surface area contributed by atoms with Gasteiger partial charge in [0.05, 0.1) is 30.7 Å². The zero-order valence-electron chi connectivity index (χ0n) is 24.2. The van der Waals surface area contributed by atoms with Gasteiger partial charge in [-0.2, -0.15) is 13.2 Å². The zero-order chi connectivity index (χ0) is 30.3. The second-order valence-electron chi connectivity index (χ2n) is 11.0. The minimum atomic E-state index is -4.42. The number of benzene rings is 3. The van der Waals surface area contributed by atoms with Crippen LogP contribution in [0, 0.1) is 0 Å². The van der Waals surface area contributed by atoms with Crippen molar-refractivity contribution in [2.24, 2.45) is 0 Å². The number of hydrogen-bond acceptors (Lipinski definition) is 5. The van der Waals surface area contributed by atoms with Crippen LogP contribution in [0.5, 0.6) is 11.5 Å². The van der Waals surface area contributed by atoms with Crippen LogP contribution in [-0.2, 0) is 17.4 Å². The molecule has 2 atom stereocenters. The zero-order valence-corrected chi connectivity index (χ0v) is 24.2. The second-order valence-corrected chi connectivity index (χ2v) is 11.0. The fourth-order valence-electron chi connectivity index (χ4n) is 6.60. The molecule has 3 heterocycles. The molecule has 0 aliphatic carbocycles. The van der Waals surface area contributed by atoms with E-state index in [4.69, 9.17) is 9.47 Å². The van der Waals surface area contributed by atoms with E-state index >= 15 is 0 Å². The van der Waals surface area contributed by atoms with E-state index in [0.717, 1.165) is 23.3 Å². The van der Waals surface area contributed by atoms with Crippen molar-refractivity contribution >= 4 is 17.5 Å². The smallest absolute Gasteiger partial charge is 0.416 e. The van der Waals surface area contributed by atoms with Crippen LogP contribution in [0.1, 0.15) is 58.4 Å². The predicted octanol–water partition coefficient (Wildman–Crippen LogP) is 5.69. The highest BCUT2D eigenvalue weighted by atomic mass is 19.4. The van der Waals surface area contributed by atoms with E-state index in [1.807, 2.05) is 54.0 Å². The molecule has 0 spiro atoms. The third-order valence-electron chi connectivity index (χ3n) is 8.58. The van der Waals surface area contributed by atoms with E-state index in [-0.39, 0.29) is 11.8 Å². The largest absolute Gasteiger partial charge is 0.490 e. The molecule has 3 aromatic rings. The lowest BCUT2D eigenvalue weighted by Gasteiger charge is -2.47. The van der Waals surface area contributed by atoms with Crippen LogP contribution in [0.15, 0.2) is 60.7 Å². The number of piperazine rings is 1. The van der Waals surface area contributed by atoms with Crippen molar-refractivity contribution in [2.75, 3.05) is 50.8 Å². The van der Waals surface area contributed by atoms with Gasteiger partial charge in [-0.3, -0.25) is 9.59 Å². The van der Waals surface area contributed by atoms with Crippen molar-refractivity contribution in [1.29, 1.82) is 0 Å². The van der Waals surface area contributed by atoms with Gasteiger partial charge >= 0.3 is 6.18 Å². The number of nitrogens with zero attached hydrogens (tertiary/aromatic N) is 3. The fourth-order valence-corrected chi connectivity index (χ4v) is 6.60. The monoisotopic (exact) mass is 593 g/mol. The SMILES string of the molecule is CCOc1cc2c(cc1OCC)[C@@H]1[C@@H](C(=O)N3CCN(c4cccc(C(F)(F)F)c4)CC3)c3ccccc3C(=O)N1CC2. The van der Waals surface area contributed by atoms with E-state index in [9.17, 15) is 22.8 Å². The maximum absolute atomic E-state index is 14.5. The quantitative estimate of drug-likeness (QED) is 0.368. The number of ether oxygens (including phenoxy) is 2. The summed E-state index contributed by atoms with van der Waals surface area (Å²) < 4.78 is 51.7. The summed E-state index contributed by atoms with van der Waals surface area (Å²) in [6, 6.07) is 16.0. The number of amides is 2. The Kier molecular flexibility index (Phi) is 7.70. The van der Waals surface area contributed by atoms with Crippen LogP contribution in [-0.4, -0.2) is 67.6 Å². The van der Waals surface area contributed by atoms with E-state index in [0.29, 0.717) is 80.7 Å². The summed E-state index contributed by atoms with van der Waals surface area (Å²) in [5.74, 6) is 0.389. The molecule has 0 radical (unpaired) electrons. The van der Waals surface area contributed by atoms with Gasteiger partial charge in [0.25, 0.3) is 5.91 Å². The van der Waals surface area contributed by atoms with Crippen molar-refractivity contribution in [2.45, 2.75) is 38.4 Å². The first-order valence-corrected chi connectivity index (χ1v) is 14.7. The highest BCUT2D eigenvalue weighted by Gasteiger charge is 2.48. The van der Waals surface area contributed by atoms with Crippen LogP contribution < -0.4 is 14.4 Å². The molecule has 43 heavy (non-hydrogen) atoms. The van der Waals surface area contributed by atoms with Gasteiger partial charge < -0.3 is 24.2 Å². The molecule has 0 bridgehead atoms. The van der Waals surface area contributed by atoms with Crippen molar-refractivity contribution < 1.29 is 32.2 Å². The highest BCUT2D eigenvalue weighted by Crippen LogP contribution is 2.49. The summed E-state index contributed by atoms with van der Waals surface area (Å²) in [7, 11) is 0. The van der Waals surface area contributed by atoms with Crippen molar-refractivity contribution in [3.8, 4) is 11.5 Å². The molecule has 1 saturated heterocycles. The van der Waals surface area contributed by atoms with Crippen molar-refractivity contribution in [3.63, 3.8) is 0 Å². The molecule has 7 nitrogen and oxygen atoms in total. The fraction of sp³-hybridized carbons (Fsp3) is 0.394. The molecule has 6 rings (SSSR count). The first kappa shape index (κ1) is 28.9. The highest BCUT2D eigenvalue weighted by molar-refractivity contribution is 6.01. The van der Waals surface area contributed by atoms with Gasteiger partial charge in [-0.25, -0.2) is 0 Å². The Balaban J connectivity index is 1.33. The maximum Gasteiger partial charge on any atom is 0.416 e. The number of carbonyl (C=O) groups excluding carboxylic acids is 2. The Bertz CT molecular complexity index is 1530. The molecule has 1 fully saturated rings. The Morgan fingerprint density at radius 2 is 1.56 bits per heavy atom. The number of rotatable bonds is 6. The molecule has 0 unspecified atom stereocenters. The molecule has 0 N–H and O–H groups in total. The molecular weight excluding hydrogens is 559 g/mol. The Hall–Kier alpha value is -4.21. The standard InChI is InChI=1S/C33H34F3N3O4/c1-3-42-27-18-21-12-13-39-30(26(21)20-28(27)43-4-2)29(24-10-5-6-11-25(24)31(39)40)32(41)38-16-14-37(15-17-38)23-9-7-8-22(19-23)33(34,35)36/h5-11,18-20,29-30H,3-4,12-17H2,1-2H3/t29-,30+/m0/s1. The Morgan fingerprint density at radius 1 is 0.860 bits per heavy atom. The molecular formula is C33H34F3N3O4. The summed E-state index contributed by atoms with van der Waals surface area (Å²) in [6.45, 7) is 6.71. The first-order valence-electron chi connectivity index (χ1n) is 14.7. The lowest BCUT2D eigenvalue weighted by Crippen LogP contribution is -2.54.